The van der Waals surface area contributed by atoms with Gasteiger partial charge in [0.15, 0.2) is 12.4 Å². The Bertz CT molecular complexity index is 1140. The average molecular weight is 503 g/mol. The molecule has 0 radical (unpaired) electrons. The molecule has 0 amide bonds. The highest BCUT2D eigenvalue weighted by molar-refractivity contribution is 6.26. The lowest BCUT2D eigenvalue weighted by Gasteiger charge is -2.63. The van der Waals surface area contributed by atoms with Gasteiger partial charge in [-0.1, -0.05) is 32.4 Å². The number of ketones is 2. The molecule has 4 aliphatic carbocycles. The maximum Gasteiger partial charge on any atom is 0.374 e. The summed E-state index contributed by atoms with van der Waals surface area (Å²) in [5.41, 5.74) is -2.55. The van der Waals surface area contributed by atoms with Gasteiger partial charge in [0.05, 0.1) is 17.2 Å². The van der Waals surface area contributed by atoms with E-state index in [0.717, 1.165) is 5.57 Å². The Labute approximate surface area is 209 Å². The van der Waals surface area contributed by atoms with Gasteiger partial charge in [0, 0.05) is 10.8 Å². The first-order valence-electron chi connectivity index (χ1n) is 12.2. The number of carbonyl (C=O) groups is 3. The van der Waals surface area contributed by atoms with Gasteiger partial charge in [-0.25, -0.2) is 4.79 Å². The van der Waals surface area contributed by atoms with Gasteiger partial charge < -0.3 is 19.4 Å². The summed E-state index contributed by atoms with van der Waals surface area (Å²) in [6.45, 7) is 5.05. The fourth-order valence-corrected chi connectivity index (χ4v) is 8.37. The molecule has 0 bridgehead atoms. The fourth-order valence-electron chi connectivity index (χ4n) is 7.85. The first-order valence-corrected chi connectivity index (χ1v) is 12.5. The van der Waals surface area contributed by atoms with Gasteiger partial charge in [0.25, 0.3) is 0 Å². The normalized spacial score (nSPS) is 44.2. The Hall–Kier alpha value is -2.22. The molecule has 2 N–H and O–H groups in total. The van der Waals surface area contributed by atoms with Crippen LogP contribution in [0.2, 0.25) is 0 Å². The molecule has 5 rings (SSSR count). The van der Waals surface area contributed by atoms with E-state index in [2.05, 4.69) is 0 Å². The van der Waals surface area contributed by atoms with Crippen molar-refractivity contribution in [3.63, 3.8) is 0 Å². The Morgan fingerprint density at radius 2 is 2.03 bits per heavy atom. The lowest BCUT2D eigenvalue weighted by Crippen LogP contribution is -2.69. The van der Waals surface area contributed by atoms with Crippen LogP contribution in [0.1, 0.15) is 57.0 Å². The largest absolute Gasteiger partial charge is 0.457 e. The number of carbonyl (C=O) groups excluding carboxylic acids is 3. The minimum absolute atomic E-state index is 0.0216. The van der Waals surface area contributed by atoms with Crippen LogP contribution in [0.3, 0.4) is 0 Å². The highest BCUT2D eigenvalue weighted by Gasteiger charge is 2.74. The van der Waals surface area contributed by atoms with Gasteiger partial charge in [0.1, 0.15) is 5.60 Å². The van der Waals surface area contributed by atoms with Crippen LogP contribution < -0.4 is 0 Å². The molecule has 0 spiro atoms. The summed E-state index contributed by atoms with van der Waals surface area (Å²) in [5, 5.41) is 23.6. The van der Waals surface area contributed by atoms with Gasteiger partial charge in [-0.2, -0.15) is 0 Å². The van der Waals surface area contributed by atoms with E-state index in [1.165, 1.54) is 18.4 Å². The van der Waals surface area contributed by atoms with Gasteiger partial charge in [0.2, 0.25) is 11.5 Å². The molecule has 8 atom stereocenters. The third-order valence-electron chi connectivity index (χ3n) is 9.70. The number of allylic oxidation sites excluding steroid dienone is 4. The number of aliphatic hydroxyl groups is 2. The molecule has 4 aliphatic rings. The molecule has 7 nitrogen and oxygen atoms in total. The van der Waals surface area contributed by atoms with Crippen molar-refractivity contribution in [3.05, 3.63) is 48.0 Å². The predicted molar refractivity (Wildman–Crippen MR) is 127 cm³/mol. The Kier molecular flexibility index (Phi) is 5.52. The summed E-state index contributed by atoms with van der Waals surface area (Å²) in [4.78, 5) is 36.6. The summed E-state index contributed by atoms with van der Waals surface area (Å²) in [6, 6.07) is 2.98. The van der Waals surface area contributed by atoms with Crippen LogP contribution >= 0.6 is 11.6 Å². The maximum atomic E-state index is 13.5. The molecule has 3 saturated carbocycles. The molecule has 0 saturated heterocycles. The number of Topliss-reactive ketones (excluding diaryl/α,β-unsaturated/α-hetero) is 1. The first kappa shape index (κ1) is 24.5. The van der Waals surface area contributed by atoms with Gasteiger partial charge in [-0.3, -0.25) is 9.59 Å². The fraction of sp³-hybridized carbons (Fsp3) is 0.593. The molecule has 1 heterocycles. The number of halogens is 1. The molecular weight excluding hydrogens is 472 g/mol. The van der Waals surface area contributed by atoms with E-state index in [9.17, 15) is 24.6 Å². The Balaban J connectivity index is 1.46. The topological polar surface area (TPSA) is 114 Å². The number of hydrogen-bond acceptors (Lipinski definition) is 7. The number of rotatable bonds is 4. The van der Waals surface area contributed by atoms with Crippen molar-refractivity contribution in [3.8, 4) is 0 Å². The zero-order chi connectivity index (χ0) is 25.4. The molecule has 0 aliphatic heterocycles. The van der Waals surface area contributed by atoms with Gasteiger partial charge in [-0.15, -0.1) is 11.6 Å². The van der Waals surface area contributed by atoms with Crippen molar-refractivity contribution in [2.24, 2.45) is 28.6 Å². The van der Waals surface area contributed by atoms with Crippen molar-refractivity contribution in [2.75, 3.05) is 6.61 Å². The SMILES string of the molecule is C[C@@H]1C[C@H]2C3CCC4=CC(=O)C=C[C@]4(C)[C@@]3(Cl)[C@@H](O)C[C@]2(C)[C@@]1(O)C(=O)COC(=O)c1ccco1. The molecule has 3 fully saturated rings. The number of alkyl halides is 1. The van der Waals surface area contributed by atoms with Gasteiger partial charge >= 0.3 is 5.97 Å². The summed E-state index contributed by atoms with van der Waals surface area (Å²) in [6.07, 6.45) is 7.24. The number of hydrogen-bond donors (Lipinski definition) is 2. The van der Waals surface area contributed by atoms with Crippen LogP contribution in [0.4, 0.5) is 0 Å². The number of aliphatic hydroxyl groups excluding tert-OH is 1. The molecule has 1 unspecified atom stereocenters. The van der Waals surface area contributed by atoms with Crippen LogP contribution in [0.25, 0.3) is 0 Å². The smallest absolute Gasteiger partial charge is 0.374 e. The molecule has 8 heteroatoms. The van der Waals surface area contributed by atoms with Crippen LogP contribution in [-0.4, -0.2) is 50.9 Å². The Morgan fingerprint density at radius 3 is 2.71 bits per heavy atom. The standard InChI is InChI=1S/C27H31ClO7/c1-15-11-19-18-7-6-16-12-17(29)8-9-24(16,2)26(18,28)21(30)13-25(19,3)27(15,33)22(31)14-35-23(32)20-5-4-10-34-20/h4-5,8-10,12,15,18-19,21,30,33H,6-7,11,13-14H2,1-3H3/t15-,18?,19+,21+,24+,25+,26+,27+/m1/s1. The molecule has 1 aromatic heterocycles. The van der Waals surface area contributed by atoms with Crippen molar-refractivity contribution in [1.29, 1.82) is 0 Å². The molecule has 0 aromatic carbocycles. The molecular formula is C27H31ClO7. The zero-order valence-electron chi connectivity index (χ0n) is 20.1. The van der Waals surface area contributed by atoms with E-state index < -0.39 is 51.7 Å². The predicted octanol–water partition coefficient (Wildman–Crippen LogP) is 3.62. The zero-order valence-corrected chi connectivity index (χ0v) is 20.9. The summed E-state index contributed by atoms with van der Waals surface area (Å²) < 4.78 is 10.2. The number of ether oxygens (including phenoxy) is 1. The van der Waals surface area contributed by atoms with Crippen molar-refractivity contribution >= 4 is 29.1 Å². The lowest BCUT2D eigenvalue weighted by molar-refractivity contribution is -0.179. The number of furan rings is 1. The van der Waals surface area contributed by atoms with Crippen LogP contribution in [0.15, 0.2) is 46.6 Å². The monoisotopic (exact) mass is 502 g/mol. The van der Waals surface area contributed by atoms with Crippen LogP contribution in [-0.2, 0) is 14.3 Å². The molecule has 188 valence electrons. The molecule has 35 heavy (non-hydrogen) atoms. The summed E-state index contributed by atoms with van der Waals surface area (Å²) in [5.74, 6) is -2.22. The minimum atomic E-state index is -1.80. The third kappa shape index (κ3) is 3.07. The van der Waals surface area contributed by atoms with E-state index in [-0.39, 0.29) is 29.8 Å². The number of esters is 1. The second-order valence-electron chi connectivity index (χ2n) is 11.1. The maximum absolute atomic E-state index is 13.5. The van der Waals surface area contributed by atoms with Crippen LogP contribution in [0, 0.1) is 28.6 Å². The highest BCUT2D eigenvalue weighted by Crippen LogP contribution is 2.71. The molecule has 1 aromatic rings. The second-order valence-corrected chi connectivity index (χ2v) is 11.8. The van der Waals surface area contributed by atoms with E-state index >= 15 is 0 Å². The summed E-state index contributed by atoms with van der Waals surface area (Å²) >= 11 is 7.40. The lowest BCUT2D eigenvalue weighted by atomic mass is 9.45. The van der Waals surface area contributed by atoms with Crippen molar-refractivity contribution < 1.29 is 33.8 Å². The third-order valence-corrected chi connectivity index (χ3v) is 10.6. The van der Waals surface area contributed by atoms with E-state index in [1.807, 2.05) is 26.8 Å². The van der Waals surface area contributed by atoms with Crippen molar-refractivity contribution in [2.45, 2.75) is 63.0 Å². The van der Waals surface area contributed by atoms with E-state index in [1.54, 1.807) is 12.1 Å². The minimum Gasteiger partial charge on any atom is -0.457 e. The number of fused-ring (bicyclic) bond motifs is 5. The van der Waals surface area contributed by atoms with E-state index in [0.29, 0.717) is 19.3 Å². The van der Waals surface area contributed by atoms with Gasteiger partial charge in [-0.05, 0) is 67.7 Å². The quantitative estimate of drug-likeness (QED) is 0.477. The second kappa shape index (κ2) is 7.89. The first-order chi connectivity index (χ1) is 16.4. The summed E-state index contributed by atoms with van der Waals surface area (Å²) in [7, 11) is 0. The highest BCUT2D eigenvalue weighted by atomic mass is 35.5. The Morgan fingerprint density at radius 1 is 1.29 bits per heavy atom. The van der Waals surface area contributed by atoms with E-state index in [4.69, 9.17) is 20.8 Å². The average Bonchev–Trinajstić information content (AvgIpc) is 3.41. The van der Waals surface area contributed by atoms with Crippen LogP contribution in [0.5, 0.6) is 0 Å². The van der Waals surface area contributed by atoms with Crippen molar-refractivity contribution in [1.82, 2.24) is 0 Å².